The number of nitrogens with one attached hydrogen (secondary N) is 1. The van der Waals surface area contributed by atoms with Crippen molar-refractivity contribution in [2.75, 3.05) is 0 Å². The van der Waals surface area contributed by atoms with Gasteiger partial charge in [0.15, 0.2) is 0 Å². The van der Waals surface area contributed by atoms with Crippen molar-refractivity contribution in [1.82, 2.24) is 4.72 Å². The first-order valence-corrected chi connectivity index (χ1v) is 10.4. The minimum absolute atomic E-state index is 0.00220. The van der Waals surface area contributed by atoms with Crippen LogP contribution in [0.1, 0.15) is 38.5 Å². The number of carboxylic acids is 1. The van der Waals surface area contributed by atoms with Gasteiger partial charge in [0.25, 0.3) is 0 Å². The lowest BCUT2D eigenvalue weighted by Gasteiger charge is -2.22. The second-order valence-electron chi connectivity index (χ2n) is 7.09. The molecule has 0 unspecified atom stereocenters. The van der Waals surface area contributed by atoms with Crippen LogP contribution in [0, 0.1) is 17.8 Å². The lowest BCUT2D eigenvalue weighted by molar-refractivity contribution is -0.137. The van der Waals surface area contributed by atoms with Gasteiger partial charge < -0.3 is 5.11 Å². The molecule has 2 aliphatic rings. The molecular formula is C19H25NO4S. The summed E-state index contributed by atoms with van der Waals surface area (Å²) in [6.07, 6.45) is 8.71. The van der Waals surface area contributed by atoms with Crippen molar-refractivity contribution >= 4 is 16.0 Å². The smallest absolute Gasteiger partial charge is 0.303 e. The Kier molecular flexibility index (Phi) is 5.59. The Bertz CT molecular complexity index is 729. The quantitative estimate of drug-likeness (QED) is 0.521. The van der Waals surface area contributed by atoms with Crippen molar-refractivity contribution in [3.05, 3.63) is 42.5 Å². The van der Waals surface area contributed by atoms with E-state index in [1.807, 2.05) is 12.1 Å². The van der Waals surface area contributed by atoms with E-state index in [0.717, 1.165) is 19.3 Å². The number of hydrogen-bond donors (Lipinski definition) is 2. The zero-order chi connectivity index (χ0) is 17.9. The molecule has 1 aromatic carbocycles. The monoisotopic (exact) mass is 363 g/mol. The van der Waals surface area contributed by atoms with Gasteiger partial charge in [-0.2, -0.15) is 0 Å². The highest BCUT2D eigenvalue weighted by Crippen LogP contribution is 2.56. The van der Waals surface area contributed by atoms with Gasteiger partial charge >= 0.3 is 5.97 Å². The highest BCUT2D eigenvalue weighted by atomic mass is 32.2. The van der Waals surface area contributed by atoms with Gasteiger partial charge in [-0.25, -0.2) is 13.1 Å². The largest absolute Gasteiger partial charge is 0.481 e. The maximum atomic E-state index is 12.5. The Hall–Kier alpha value is -1.66. The van der Waals surface area contributed by atoms with Crippen LogP contribution in [0.15, 0.2) is 47.4 Å². The number of carbonyl (C=O) groups is 1. The summed E-state index contributed by atoms with van der Waals surface area (Å²) in [7, 11) is -3.47. The predicted octanol–water partition coefficient (Wildman–Crippen LogP) is 3.19. The Morgan fingerprint density at radius 1 is 1.20 bits per heavy atom. The normalized spacial score (nSPS) is 28.2. The topological polar surface area (TPSA) is 83.5 Å². The minimum Gasteiger partial charge on any atom is -0.481 e. The summed E-state index contributed by atoms with van der Waals surface area (Å²) >= 11 is 0. The van der Waals surface area contributed by atoms with Crippen LogP contribution in [0.3, 0.4) is 0 Å². The molecular weight excluding hydrogens is 338 g/mol. The lowest BCUT2D eigenvalue weighted by atomic mass is 9.95. The van der Waals surface area contributed by atoms with Gasteiger partial charge in [-0.05, 0) is 62.0 Å². The van der Waals surface area contributed by atoms with E-state index in [0.29, 0.717) is 29.1 Å². The van der Waals surface area contributed by atoms with Crippen molar-refractivity contribution in [3.8, 4) is 0 Å². The molecule has 25 heavy (non-hydrogen) atoms. The summed E-state index contributed by atoms with van der Waals surface area (Å²) in [5.74, 6) is 0.876. The van der Waals surface area contributed by atoms with Crippen LogP contribution in [0.4, 0.5) is 0 Å². The number of aliphatic carboxylic acids is 1. The summed E-state index contributed by atoms with van der Waals surface area (Å²) in [6.45, 7) is 0. The number of unbranched alkanes of at least 4 members (excludes halogenated alkanes) is 1. The third-order valence-electron chi connectivity index (χ3n) is 5.30. The number of fused-ring (bicyclic) bond motifs is 1. The Balaban J connectivity index is 1.55. The molecule has 136 valence electrons. The molecule has 0 heterocycles. The van der Waals surface area contributed by atoms with Gasteiger partial charge in [0.2, 0.25) is 10.0 Å². The zero-order valence-electron chi connectivity index (χ0n) is 14.2. The summed E-state index contributed by atoms with van der Waals surface area (Å²) in [6, 6.07) is 8.51. The first-order valence-electron chi connectivity index (χ1n) is 8.91. The number of hydrogen-bond acceptors (Lipinski definition) is 3. The Morgan fingerprint density at radius 2 is 1.96 bits per heavy atom. The molecule has 2 aliphatic carbocycles. The Labute approximate surface area is 149 Å². The van der Waals surface area contributed by atoms with E-state index >= 15 is 0 Å². The third kappa shape index (κ3) is 4.70. The van der Waals surface area contributed by atoms with Gasteiger partial charge in [0.05, 0.1) is 4.90 Å². The predicted molar refractivity (Wildman–Crippen MR) is 95.5 cm³/mol. The molecule has 6 heteroatoms. The van der Waals surface area contributed by atoms with Crippen LogP contribution in [0.2, 0.25) is 0 Å². The average molecular weight is 363 g/mol. The second kappa shape index (κ2) is 7.70. The molecule has 0 aliphatic heterocycles. The average Bonchev–Trinajstić information content (AvgIpc) is 3.25. The van der Waals surface area contributed by atoms with Crippen LogP contribution in [-0.4, -0.2) is 25.5 Å². The van der Waals surface area contributed by atoms with Crippen molar-refractivity contribution in [2.24, 2.45) is 17.8 Å². The molecule has 5 nitrogen and oxygen atoms in total. The standard InChI is InChI=1S/C19H25NO4S/c21-19(22)11-7-2-1-6-10-16-17-12-14(17)13-18(16)20-25(23,24)15-8-4-3-5-9-15/h1,3-6,8-9,14,16-18,20H,2,7,10-13H2,(H,21,22)/t14-,16+,17-,18+/m1/s1. The lowest BCUT2D eigenvalue weighted by Crippen LogP contribution is -2.38. The fourth-order valence-corrected chi connectivity index (χ4v) is 5.27. The van der Waals surface area contributed by atoms with Crippen molar-refractivity contribution in [2.45, 2.75) is 49.5 Å². The van der Waals surface area contributed by atoms with Crippen molar-refractivity contribution < 1.29 is 18.3 Å². The number of rotatable bonds is 9. The van der Waals surface area contributed by atoms with E-state index < -0.39 is 16.0 Å². The van der Waals surface area contributed by atoms with E-state index in [1.54, 1.807) is 24.3 Å². The molecule has 0 amide bonds. The highest BCUT2D eigenvalue weighted by molar-refractivity contribution is 7.89. The maximum absolute atomic E-state index is 12.5. The van der Waals surface area contributed by atoms with Crippen molar-refractivity contribution in [1.29, 1.82) is 0 Å². The molecule has 0 radical (unpaired) electrons. The summed E-state index contributed by atoms with van der Waals surface area (Å²) in [5.41, 5.74) is 0. The van der Waals surface area contributed by atoms with Gasteiger partial charge in [-0.15, -0.1) is 0 Å². The SMILES string of the molecule is O=C(O)CCCC=CC[C@H]1[C@@H]2C[C@@H]2C[C@@H]1NS(=O)(=O)c1ccccc1. The summed E-state index contributed by atoms with van der Waals surface area (Å²) in [5, 5.41) is 8.63. The van der Waals surface area contributed by atoms with Crippen LogP contribution in [0.25, 0.3) is 0 Å². The molecule has 4 atom stereocenters. The van der Waals surface area contributed by atoms with E-state index in [1.165, 1.54) is 6.42 Å². The third-order valence-corrected chi connectivity index (χ3v) is 6.80. The first kappa shape index (κ1) is 18.1. The zero-order valence-corrected chi connectivity index (χ0v) is 15.0. The second-order valence-corrected chi connectivity index (χ2v) is 8.81. The van der Waals surface area contributed by atoms with Gasteiger partial charge in [0, 0.05) is 12.5 Å². The van der Waals surface area contributed by atoms with E-state index in [4.69, 9.17) is 5.11 Å². The number of allylic oxidation sites excluding steroid dienone is 2. The van der Waals surface area contributed by atoms with Crippen LogP contribution >= 0.6 is 0 Å². The highest BCUT2D eigenvalue weighted by Gasteiger charge is 2.53. The van der Waals surface area contributed by atoms with Gasteiger partial charge in [0.1, 0.15) is 0 Å². The molecule has 2 N–H and O–H groups in total. The fourth-order valence-electron chi connectivity index (χ4n) is 3.95. The number of carboxylic acid groups (broad SMARTS) is 1. The molecule has 3 rings (SSSR count). The molecule has 2 fully saturated rings. The molecule has 2 saturated carbocycles. The van der Waals surface area contributed by atoms with E-state index in [2.05, 4.69) is 10.8 Å². The Morgan fingerprint density at radius 3 is 2.68 bits per heavy atom. The fraction of sp³-hybridized carbons (Fsp3) is 0.526. The number of sulfonamides is 1. The van der Waals surface area contributed by atoms with E-state index in [-0.39, 0.29) is 12.5 Å². The van der Waals surface area contributed by atoms with Crippen LogP contribution < -0.4 is 4.72 Å². The molecule has 0 bridgehead atoms. The minimum atomic E-state index is -3.47. The maximum Gasteiger partial charge on any atom is 0.303 e. The molecule has 0 spiro atoms. The van der Waals surface area contributed by atoms with Crippen molar-refractivity contribution in [3.63, 3.8) is 0 Å². The molecule has 0 saturated heterocycles. The van der Waals surface area contributed by atoms with E-state index in [9.17, 15) is 13.2 Å². The molecule has 1 aromatic rings. The van der Waals surface area contributed by atoms with Gasteiger partial charge in [-0.3, -0.25) is 4.79 Å². The summed E-state index contributed by atoms with van der Waals surface area (Å²) < 4.78 is 28.0. The van der Waals surface area contributed by atoms with Crippen LogP contribution in [0.5, 0.6) is 0 Å². The summed E-state index contributed by atoms with van der Waals surface area (Å²) in [4.78, 5) is 10.8. The van der Waals surface area contributed by atoms with Gasteiger partial charge in [-0.1, -0.05) is 30.4 Å². The van der Waals surface area contributed by atoms with Crippen LogP contribution in [-0.2, 0) is 14.8 Å². The number of benzene rings is 1. The first-order chi connectivity index (χ1) is 12.0. The molecule has 0 aromatic heterocycles.